The molecule has 1 heterocycles. The largest absolute Gasteiger partial charge is 0.480 e. The fourth-order valence-electron chi connectivity index (χ4n) is 3.77. The average molecular weight is 287 g/mol. The molecule has 3 unspecified atom stereocenters. The molecule has 2 fully saturated rings. The minimum atomic E-state index is -0.762. The average Bonchev–Trinajstić information content (AvgIpc) is 2.47. The van der Waals surface area contributed by atoms with Crippen LogP contribution in [-0.4, -0.2) is 34.3 Å². The van der Waals surface area contributed by atoms with E-state index in [0.717, 1.165) is 18.5 Å². The summed E-state index contributed by atoms with van der Waals surface area (Å²) in [6.45, 7) is 1.47. The van der Waals surface area contributed by atoms with E-state index in [-0.39, 0.29) is 5.92 Å². The third kappa shape index (κ3) is 3.16. The molecule has 1 saturated heterocycles. The first-order valence-corrected chi connectivity index (χ1v) is 7.66. The smallest absolute Gasteiger partial charge is 0.320 e. The Bertz CT molecular complexity index is 528. The number of carbonyl (C=O) groups excluding carboxylic acids is 1. The van der Waals surface area contributed by atoms with Gasteiger partial charge in [0.05, 0.1) is 0 Å². The summed E-state index contributed by atoms with van der Waals surface area (Å²) in [6, 6.07) is 9.55. The molecule has 3 rings (SSSR count). The number of hydrogen-bond donors (Lipinski definition) is 1. The zero-order valence-electron chi connectivity index (χ0n) is 12.1. The molecule has 2 aliphatic rings. The Morgan fingerprint density at radius 3 is 2.71 bits per heavy atom. The van der Waals surface area contributed by atoms with Crippen molar-refractivity contribution in [1.29, 1.82) is 0 Å². The molecule has 1 saturated carbocycles. The third-order valence-electron chi connectivity index (χ3n) is 4.90. The van der Waals surface area contributed by atoms with Gasteiger partial charge in [-0.1, -0.05) is 30.3 Å². The summed E-state index contributed by atoms with van der Waals surface area (Å²) in [5, 5.41) is 9.52. The Morgan fingerprint density at radius 2 is 2.00 bits per heavy atom. The molecular weight excluding hydrogens is 266 g/mol. The standard InChI is InChI=1S/C17H21NO3/c19-15-7-6-13-11-18(10-12-4-2-1-3-5-12)16(17(20)21)9-14(13)8-15/h1-5,13-14,16H,6-11H2,(H,20,21). The van der Waals surface area contributed by atoms with E-state index in [0.29, 0.717) is 37.5 Å². The van der Waals surface area contributed by atoms with E-state index < -0.39 is 12.0 Å². The van der Waals surface area contributed by atoms with Crippen LogP contribution in [0.1, 0.15) is 31.2 Å². The van der Waals surface area contributed by atoms with Crippen LogP contribution in [0.3, 0.4) is 0 Å². The van der Waals surface area contributed by atoms with E-state index in [1.54, 1.807) is 0 Å². The highest BCUT2D eigenvalue weighted by molar-refractivity contribution is 5.80. The van der Waals surface area contributed by atoms with Crippen molar-refractivity contribution >= 4 is 11.8 Å². The van der Waals surface area contributed by atoms with Crippen LogP contribution >= 0.6 is 0 Å². The summed E-state index contributed by atoms with van der Waals surface area (Å²) >= 11 is 0. The molecule has 112 valence electrons. The number of hydrogen-bond acceptors (Lipinski definition) is 3. The number of benzene rings is 1. The van der Waals surface area contributed by atoms with Gasteiger partial charge in [-0.15, -0.1) is 0 Å². The second-order valence-electron chi connectivity index (χ2n) is 6.31. The zero-order valence-corrected chi connectivity index (χ0v) is 12.1. The number of likely N-dealkylation sites (tertiary alicyclic amines) is 1. The first kappa shape index (κ1) is 14.3. The van der Waals surface area contributed by atoms with E-state index in [2.05, 4.69) is 4.90 Å². The van der Waals surface area contributed by atoms with Gasteiger partial charge in [0.1, 0.15) is 11.8 Å². The van der Waals surface area contributed by atoms with Crippen LogP contribution < -0.4 is 0 Å². The van der Waals surface area contributed by atoms with Crippen LogP contribution in [0.15, 0.2) is 30.3 Å². The summed E-state index contributed by atoms with van der Waals surface area (Å²) in [7, 11) is 0. The highest BCUT2D eigenvalue weighted by Gasteiger charge is 2.41. The lowest BCUT2D eigenvalue weighted by Gasteiger charge is -2.44. The molecule has 4 heteroatoms. The van der Waals surface area contributed by atoms with Crippen molar-refractivity contribution in [1.82, 2.24) is 4.90 Å². The summed E-state index contributed by atoms with van der Waals surface area (Å²) in [6.07, 6.45) is 2.77. The summed E-state index contributed by atoms with van der Waals surface area (Å²) in [5.41, 5.74) is 1.15. The van der Waals surface area contributed by atoms with Crippen molar-refractivity contribution in [3.63, 3.8) is 0 Å². The molecule has 21 heavy (non-hydrogen) atoms. The maximum absolute atomic E-state index is 11.6. The second-order valence-corrected chi connectivity index (χ2v) is 6.31. The van der Waals surface area contributed by atoms with Gasteiger partial charge in [0, 0.05) is 25.9 Å². The monoisotopic (exact) mass is 287 g/mol. The molecule has 0 amide bonds. The van der Waals surface area contributed by atoms with Crippen molar-refractivity contribution in [2.45, 2.75) is 38.3 Å². The van der Waals surface area contributed by atoms with Crippen LogP contribution in [0, 0.1) is 11.8 Å². The Balaban J connectivity index is 1.75. The number of carbonyl (C=O) groups is 2. The fraction of sp³-hybridized carbons (Fsp3) is 0.529. The third-order valence-corrected chi connectivity index (χ3v) is 4.90. The highest BCUT2D eigenvalue weighted by Crippen LogP contribution is 2.37. The number of carboxylic acid groups (broad SMARTS) is 1. The number of rotatable bonds is 3. The van der Waals surface area contributed by atoms with Crippen molar-refractivity contribution < 1.29 is 14.7 Å². The predicted octanol–water partition coefficient (Wildman–Crippen LogP) is 2.33. The first-order chi connectivity index (χ1) is 10.1. The lowest BCUT2D eigenvalue weighted by Crippen LogP contribution is -2.51. The first-order valence-electron chi connectivity index (χ1n) is 7.66. The normalized spacial score (nSPS) is 29.9. The Labute approximate surface area is 124 Å². The minimum Gasteiger partial charge on any atom is -0.480 e. The molecule has 0 spiro atoms. The Hall–Kier alpha value is -1.68. The van der Waals surface area contributed by atoms with Gasteiger partial charge in [-0.3, -0.25) is 14.5 Å². The van der Waals surface area contributed by atoms with Gasteiger partial charge in [0.15, 0.2) is 0 Å². The maximum atomic E-state index is 11.6. The van der Waals surface area contributed by atoms with Crippen LogP contribution in [0.5, 0.6) is 0 Å². The summed E-state index contributed by atoms with van der Waals surface area (Å²) < 4.78 is 0. The van der Waals surface area contributed by atoms with E-state index in [4.69, 9.17) is 0 Å². The van der Waals surface area contributed by atoms with Crippen LogP contribution in [0.4, 0.5) is 0 Å². The number of nitrogens with zero attached hydrogens (tertiary/aromatic N) is 1. The second kappa shape index (κ2) is 5.98. The SMILES string of the molecule is O=C1CCC2CN(Cc3ccccc3)C(C(=O)O)CC2C1. The predicted molar refractivity (Wildman–Crippen MR) is 78.7 cm³/mol. The molecule has 1 N–H and O–H groups in total. The van der Waals surface area contributed by atoms with Gasteiger partial charge >= 0.3 is 5.97 Å². The van der Waals surface area contributed by atoms with Gasteiger partial charge in [-0.25, -0.2) is 0 Å². The van der Waals surface area contributed by atoms with Gasteiger partial charge in [-0.05, 0) is 30.2 Å². The lowest BCUT2D eigenvalue weighted by molar-refractivity contribution is -0.148. The van der Waals surface area contributed by atoms with Crippen LogP contribution in [0.2, 0.25) is 0 Å². The highest BCUT2D eigenvalue weighted by atomic mass is 16.4. The number of carboxylic acids is 1. The number of aliphatic carboxylic acids is 1. The van der Waals surface area contributed by atoms with Crippen LogP contribution in [-0.2, 0) is 16.1 Å². The topological polar surface area (TPSA) is 57.6 Å². The minimum absolute atomic E-state index is 0.263. The Morgan fingerprint density at radius 1 is 1.24 bits per heavy atom. The van der Waals surface area contributed by atoms with Crippen molar-refractivity contribution in [2.75, 3.05) is 6.54 Å². The fourth-order valence-corrected chi connectivity index (χ4v) is 3.77. The summed E-state index contributed by atoms with van der Waals surface area (Å²) in [5.74, 6) is 0.278. The maximum Gasteiger partial charge on any atom is 0.320 e. The number of piperidine rings is 1. The number of fused-ring (bicyclic) bond motifs is 1. The molecule has 1 aromatic carbocycles. The molecule has 3 atom stereocenters. The molecule has 1 aliphatic heterocycles. The number of ketones is 1. The molecule has 0 bridgehead atoms. The molecule has 1 aliphatic carbocycles. The number of Topliss-reactive ketones (excluding diaryl/α,β-unsaturated/α-hetero) is 1. The molecular formula is C17H21NO3. The van der Waals surface area contributed by atoms with E-state index >= 15 is 0 Å². The molecule has 0 radical (unpaired) electrons. The van der Waals surface area contributed by atoms with Crippen molar-refractivity contribution in [3.8, 4) is 0 Å². The van der Waals surface area contributed by atoms with Gasteiger partial charge in [-0.2, -0.15) is 0 Å². The van der Waals surface area contributed by atoms with Gasteiger partial charge < -0.3 is 5.11 Å². The Kier molecular flexibility index (Phi) is 4.06. The van der Waals surface area contributed by atoms with Gasteiger partial charge in [0.25, 0.3) is 0 Å². The van der Waals surface area contributed by atoms with Crippen LogP contribution in [0.25, 0.3) is 0 Å². The molecule has 4 nitrogen and oxygen atoms in total. The van der Waals surface area contributed by atoms with Gasteiger partial charge in [0.2, 0.25) is 0 Å². The quantitative estimate of drug-likeness (QED) is 0.927. The van der Waals surface area contributed by atoms with E-state index in [1.165, 1.54) is 0 Å². The van der Waals surface area contributed by atoms with E-state index in [9.17, 15) is 14.7 Å². The molecule has 0 aromatic heterocycles. The van der Waals surface area contributed by atoms with E-state index in [1.807, 2.05) is 30.3 Å². The lowest BCUT2D eigenvalue weighted by atomic mass is 9.72. The zero-order chi connectivity index (χ0) is 14.8. The molecule has 1 aromatic rings. The summed E-state index contributed by atoms with van der Waals surface area (Å²) in [4.78, 5) is 25.3. The van der Waals surface area contributed by atoms with Crippen molar-refractivity contribution in [3.05, 3.63) is 35.9 Å². The van der Waals surface area contributed by atoms with Crippen molar-refractivity contribution in [2.24, 2.45) is 11.8 Å².